The summed E-state index contributed by atoms with van der Waals surface area (Å²) in [4.78, 5) is 25.0. The van der Waals surface area contributed by atoms with E-state index in [1.165, 1.54) is 16.9 Å². The van der Waals surface area contributed by atoms with E-state index in [-0.39, 0.29) is 18.1 Å². The first-order valence-corrected chi connectivity index (χ1v) is 6.85. The summed E-state index contributed by atoms with van der Waals surface area (Å²) in [5.41, 5.74) is 0.597. The summed E-state index contributed by atoms with van der Waals surface area (Å²) in [7, 11) is 0. The summed E-state index contributed by atoms with van der Waals surface area (Å²) >= 11 is 0. The van der Waals surface area contributed by atoms with Gasteiger partial charge in [0.25, 0.3) is 5.69 Å². The number of rotatable bonds is 6. The minimum absolute atomic E-state index is 0.00662. The molecule has 0 unspecified atom stereocenters. The number of hydrogen-bond donors (Lipinski definition) is 0. The highest BCUT2D eigenvalue weighted by molar-refractivity contribution is 5.75. The van der Waals surface area contributed by atoms with Crippen molar-refractivity contribution in [1.29, 1.82) is 0 Å². The highest BCUT2D eigenvalue weighted by Crippen LogP contribution is 2.18. The molecular formula is C13H16N6O3. The topological polar surface area (TPSA) is 107 Å². The van der Waals surface area contributed by atoms with E-state index in [2.05, 4.69) is 15.4 Å². The number of amides is 1. The molecule has 2 rings (SSSR count). The van der Waals surface area contributed by atoms with Crippen LogP contribution in [0.3, 0.4) is 0 Å². The van der Waals surface area contributed by atoms with Crippen LogP contribution in [0.1, 0.15) is 13.8 Å². The van der Waals surface area contributed by atoms with Gasteiger partial charge in [0.1, 0.15) is 6.54 Å². The summed E-state index contributed by atoms with van der Waals surface area (Å²) in [6.07, 6.45) is 0. The van der Waals surface area contributed by atoms with Crippen LogP contribution in [-0.2, 0) is 11.3 Å². The van der Waals surface area contributed by atoms with Crippen molar-refractivity contribution in [2.24, 2.45) is 0 Å². The number of carbonyl (C=O) groups excluding carboxylic acids is 1. The highest BCUT2D eigenvalue weighted by Gasteiger charge is 2.14. The van der Waals surface area contributed by atoms with Crippen molar-refractivity contribution in [2.45, 2.75) is 20.4 Å². The summed E-state index contributed by atoms with van der Waals surface area (Å²) in [5.74, 6) is 0.236. The number of non-ortho nitro benzene ring substituents is 1. The fraction of sp³-hybridized carbons (Fsp3) is 0.385. The Morgan fingerprint density at radius 3 is 2.45 bits per heavy atom. The van der Waals surface area contributed by atoms with Gasteiger partial charge < -0.3 is 4.90 Å². The maximum atomic E-state index is 12.0. The first kappa shape index (κ1) is 15.5. The van der Waals surface area contributed by atoms with Gasteiger partial charge in [-0.1, -0.05) is 0 Å². The zero-order valence-electron chi connectivity index (χ0n) is 12.3. The molecule has 0 saturated carbocycles. The van der Waals surface area contributed by atoms with Gasteiger partial charge in [-0.05, 0) is 31.2 Å². The lowest BCUT2D eigenvalue weighted by molar-refractivity contribution is -0.384. The number of carbonyl (C=O) groups is 1. The Morgan fingerprint density at radius 2 is 1.91 bits per heavy atom. The first-order valence-electron chi connectivity index (χ1n) is 6.85. The van der Waals surface area contributed by atoms with E-state index in [0.717, 1.165) is 0 Å². The van der Waals surface area contributed by atoms with Gasteiger partial charge in [0.05, 0.1) is 4.92 Å². The summed E-state index contributed by atoms with van der Waals surface area (Å²) in [6.45, 7) is 5.07. The van der Waals surface area contributed by atoms with E-state index in [1.54, 1.807) is 17.0 Å². The Bertz CT molecular complexity index is 663. The minimum atomic E-state index is -0.475. The van der Waals surface area contributed by atoms with Gasteiger partial charge in [0.2, 0.25) is 11.7 Å². The van der Waals surface area contributed by atoms with Gasteiger partial charge in [0.15, 0.2) is 0 Å². The second kappa shape index (κ2) is 6.74. The van der Waals surface area contributed by atoms with Gasteiger partial charge in [0, 0.05) is 30.8 Å². The number of nitrogens with zero attached hydrogens (tertiary/aromatic N) is 6. The second-order valence-electron chi connectivity index (χ2n) is 4.51. The molecule has 1 heterocycles. The largest absolute Gasteiger partial charge is 0.342 e. The van der Waals surface area contributed by atoms with Crippen molar-refractivity contribution in [3.05, 3.63) is 34.4 Å². The fourth-order valence-electron chi connectivity index (χ4n) is 1.96. The number of tetrazole rings is 1. The molecule has 0 N–H and O–H groups in total. The number of nitro groups is 1. The molecule has 2 aromatic rings. The molecule has 1 aromatic carbocycles. The van der Waals surface area contributed by atoms with Crippen LogP contribution in [0.15, 0.2) is 24.3 Å². The van der Waals surface area contributed by atoms with Crippen LogP contribution in [0, 0.1) is 10.1 Å². The molecule has 0 atom stereocenters. The van der Waals surface area contributed by atoms with Crippen molar-refractivity contribution in [2.75, 3.05) is 13.1 Å². The SMILES string of the molecule is CCN(CC)C(=O)Cn1nnc(-c2ccc([N+](=O)[O-])cc2)n1. The van der Waals surface area contributed by atoms with Crippen molar-refractivity contribution >= 4 is 11.6 Å². The Kier molecular flexibility index (Phi) is 4.77. The molecule has 116 valence electrons. The third kappa shape index (κ3) is 3.43. The molecule has 1 amide bonds. The van der Waals surface area contributed by atoms with Crippen LogP contribution in [0.4, 0.5) is 5.69 Å². The maximum absolute atomic E-state index is 12.0. The van der Waals surface area contributed by atoms with Crippen LogP contribution in [-0.4, -0.2) is 49.0 Å². The van der Waals surface area contributed by atoms with Gasteiger partial charge in [-0.2, -0.15) is 4.80 Å². The Balaban J connectivity index is 2.11. The van der Waals surface area contributed by atoms with Crippen LogP contribution in [0.5, 0.6) is 0 Å². The summed E-state index contributed by atoms with van der Waals surface area (Å²) in [6, 6.07) is 5.84. The van der Waals surface area contributed by atoms with E-state index in [9.17, 15) is 14.9 Å². The highest BCUT2D eigenvalue weighted by atomic mass is 16.6. The van der Waals surface area contributed by atoms with Crippen LogP contribution in [0.25, 0.3) is 11.4 Å². The Hall–Kier alpha value is -2.84. The Morgan fingerprint density at radius 1 is 1.27 bits per heavy atom. The molecule has 0 bridgehead atoms. The lowest BCUT2D eigenvalue weighted by Gasteiger charge is -2.17. The second-order valence-corrected chi connectivity index (χ2v) is 4.51. The molecule has 0 fully saturated rings. The molecule has 9 nitrogen and oxygen atoms in total. The molecule has 0 aliphatic heterocycles. The van der Waals surface area contributed by atoms with E-state index >= 15 is 0 Å². The third-order valence-electron chi connectivity index (χ3n) is 3.18. The number of benzene rings is 1. The average Bonchev–Trinajstić information content (AvgIpc) is 2.97. The molecule has 0 saturated heterocycles. The van der Waals surface area contributed by atoms with E-state index < -0.39 is 4.92 Å². The van der Waals surface area contributed by atoms with Gasteiger partial charge >= 0.3 is 0 Å². The Labute approximate surface area is 126 Å². The van der Waals surface area contributed by atoms with Gasteiger partial charge in [-0.25, -0.2) is 0 Å². The fourth-order valence-corrected chi connectivity index (χ4v) is 1.96. The lowest BCUT2D eigenvalue weighted by Crippen LogP contribution is -2.34. The predicted octanol–water partition coefficient (Wildman–Crippen LogP) is 1.12. The van der Waals surface area contributed by atoms with Gasteiger partial charge in [-0.3, -0.25) is 14.9 Å². The number of likely N-dealkylation sites (N-methyl/N-ethyl adjacent to an activating group) is 1. The molecule has 0 spiro atoms. The van der Waals surface area contributed by atoms with E-state index in [1.807, 2.05) is 13.8 Å². The van der Waals surface area contributed by atoms with Crippen LogP contribution < -0.4 is 0 Å². The van der Waals surface area contributed by atoms with Crippen molar-refractivity contribution in [1.82, 2.24) is 25.1 Å². The molecule has 9 heteroatoms. The van der Waals surface area contributed by atoms with Crippen molar-refractivity contribution < 1.29 is 9.72 Å². The normalized spacial score (nSPS) is 10.5. The maximum Gasteiger partial charge on any atom is 0.269 e. The van der Waals surface area contributed by atoms with Crippen molar-refractivity contribution in [3.63, 3.8) is 0 Å². The predicted molar refractivity (Wildman–Crippen MR) is 77.8 cm³/mol. The lowest BCUT2D eigenvalue weighted by atomic mass is 10.2. The molecule has 0 aliphatic rings. The van der Waals surface area contributed by atoms with E-state index in [0.29, 0.717) is 24.5 Å². The molecule has 22 heavy (non-hydrogen) atoms. The summed E-state index contributed by atoms with van der Waals surface area (Å²) < 4.78 is 0. The molecule has 0 aliphatic carbocycles. The monoisotopic (exact) mass is 304 g/mol. The third-order valence-corrected chi connectivity index (χ3v) is 3.18. The zero-order chi connectivity index (χ0) is 16.1. The van der Waals surface area contributed by atoms with E-state index in [4.69, 9.17) is 0 Å². The number of hydrogen-bond acceptors (Lipinski definition) is 6. The number of aromatic nitrogens is 4. The molecule has 1 aromatic heterocycles. The smallest absolute Gasteiger partial charge is 0.269 e. The standard InChI is InChI=1S/C13H16N6O3/c1-3-17(4-2)12(20)9-18-15-13(14-16-18)10-5-7-11(8-6-10)19(21)22/h5-8H,3-4,9H2,1-2H3. The average molecular weight is 304 g/mol. The van der Waals surface area contributed by atoms with Crippen molar-refractivity contribution in [3.8, 4) is 11.4 Å². The zero-order valence-corrected chi connectivity index (χ0v) is 12.3. The van der Waals surface area contributed by atoms with Crippen LogP contribution in [0.2, 0.25) is 0 Å². The van der Waals surface area contributed by atoms with Gasteiger partial charge in [-0.15, -0.1) is 10.2 Å². The quantitative estimate of drug-likeness (QED) is 0.584. The van der Waals surface area contributed by atoms with Crippen LogP contribution >= 0.6 is 0 Å². The minimum Gasteiger partial charge on any atom is -0.342 e. The molecule has 0 radical (unpaired) electrons. The summed E-state index contributed by atoms with van der Waals surface area (Å²) in [5, 5.41) is 22.4. The first-order chi connectivity index (χ1) is 10.5. The number of nitro benzene ring substituents is 1. The molecular weight excluding hydrogens is 288 g/mol.